The van der Waals surface area contributed by atoms with Gasteiger partial charge in [0.2, 0.25) is 5.91 Å². The molecule has 2 unspecified atom stereocenters. The number of alkyl carbamates (subject to hydrolysis) is 1. The fraction of sp³-hybridized carbons (Fsp3) is 0.370. The average Bonchev–Trinajstić information content (AvgIpc) is 3.16. The van der Waals surface area contributed by atoms with Crippen LogP contribution in [0.25, 0.3) is 11.1 Å². The van der Waals surface area contributed by atoms with E-state index in [9.17, 15) is 19.5 Å². The molecule has 2 aliphatic rings. The number of aliphatic carboxylic acids is 1. The van der Waals surface area contributed by atoms with Gasteiger partial charge in [0, 0.05) is 18.0 Å². The van der Waals surface area contributed by atoms with Crippen molar-refractivity contribution in [1.29, 1.82) is 0 Å². The van der Waals surface area contributed by atoms with E-state index in [0.29, 0.717) is 12.8 Å². The first-order chi connectivity index (χ1) is 16.3. The number of benzene rings is 2. The lowest BCUT2D eigenvalue weighted by molar-refractivity contribution is -0.142. The predicted molar refractivity (Wildman–Crippen MR) is 128 cm³/mol. The highest BCUT2D eigenvalue weighted by atomic mass is 16.5. The van der Waals surface area contributed by atoms with E-state index in [1.165, 1.54) is 0 Å². The van der Waals surface area contributed by atoms with E-state index in [1.807, 2.05) is 30.3 Å². The topological polar surface area (TPSA) is 105 Å². The van der Waals surface area contributed by atoms with Gasteiger partial charge in [-0.3, -0.25) is 9.59 Å². The Kier molecular flexibility index (Phi) is 7.01. The molecule has 0 saturated heterocycles. The van der Waals surface area contributed by atoms with Crippen LogP contribution >= 0.6 is 0 Å². The summed E-state index contributed by atoms with van der Waals surface area (Å²) >= 11 is 0. The van der Waals surface area contributed by atoms with Crippen LogP contribution in [-0.2, 0) is 14.3 Å². The summed E-state index contributed by atoms with van der Waals surface area (Å²) in [5.74, 6) is -2.15. The van der Waals surface area contributed by atoms with Crippen LogP contribution in [0.15, 0.2) is 60.7 Å². The maximum absolute atomic E-state index is 12.7. The number of allylic oxidation sites excluding steroid dienone is 1. The number of hydrogen-bond donors (Lipinski definition) is 3. The molecule has 0 spiro atoms. The van der Waals surface area contributed by atoms with Crippen LogP contribution in [0.3, 0.4) is 0 Å². The van der Waals surface area contributed by atoms with E-state index >= 15 is 0 Å². The molecule has 0 saturated carbocycles. The van der Waals surface area contributed by atoms with E-state index in [1.54, 1.807) is 19.9 Å². The maximum Gasteiger partial charge on any atom is 0.407 e. The van der Waals surface area contributed by atoms with E-state index in [0.717, 1.165) is 22.3 Å². The molecule has 2 amide bonds. The molecule has 2 aromatic carbocycles. The van der Waals surface area contributed by atoms with Crippen molar-refractivity contribution >= 4 is 18.0 Å². The number of hydrogen-bond acceptors (Lipinski definition) is 4. The van der Waals surface area contributed by atoms with Gasteiger partial charge in [-0.25, -0.2) is 4.79 Å². The smallest absolute Gasteiger partial charge is 0.407 e. The van der Waals surface area contributed by atoms with Crippen molar-refractivity contribution in [2.75, 3.05) is 6.61 Å². The van der Waals surface area contributed by atoms with Crippen LogP contribution in [-0.4, -0.2) is 41.8 Å². The molecule has 2 aliphatic carbocycles. The molecule has 3 N–H and O–H groups in total. The van der Waals surface area contributed by atoms with Crippen molar-refractivity contribution in [3.8, 4) is 11.1 Å². The van der Waals surface area contributed by atoms with Gasteiger partial charge in [0.05, 0.1) is 11.8 Å². The lowest BCUT2D eigenvalue weighted by Crippen LogP contribution is -2.47. The van der Waals surface area contributed by atoms with Crippen molar-refractivity contribution in [2.45, 2.75) is 44.7 Å². The molecule has 34 heavy (non-hydrogen) atoms. The zero-order chi connectivity index (χ0) is 24.2. The first-order valence-corrected chi connectivity index (χ1v) is 11.7. The Morgan fingerprint density at radius 2 is 1.65 bits per heavy atom. The summed E-state index contributed by atoms with van der Waals surface area (Å²) in [6.45, 7) is 3.68. The number of rotatable bonds is 7. The number of ether oxygens (including phenoxy) is 1. The highest BCUT2D eigenvalue weighted by Crippen LogP contribution is 2.44. The second-order valence-corrected chi connectivity index (χ2v) is 9.10. The minimum Gasteiger partial charge on any atom is -0.481 e. The molecular weight excluding hydrogens is 432 g/mol. The average molecular weight is 463 g/mol. The first-order valence-electron chi connectivity index (χ1n) is 11.7. The van der Waals surface area contributed by atoms with Gasteiger partial charge in [0.1, 0.15) is 6.61 Å². The molecule has 0 heterocycles. The molecule has 4 atom stereocenters. The van der Waals surface area contributed by atoms with Crippen LogP contribution in [0.4, 0.5) is 4.79 Å². The Labute approximate surface area is 199 Å². The molecule has 0 aromatic heterocycles. The monoisotopic (exact) mass is 462 g/mol. The fourth-order valence-electron chi connectivity index (χ4n) is 4.69. The summed E-state index contributed by atoms with van der Waals surface area (Å²) in [7, 11) is 0. The first kappa shape index (κ1) is 23.5. The quantitative estimate of drug-likeness (QED) is 0.538. The van der Waals surface area contributed by atoms with Gasteiger partial charge in [-0.05, 0) is 42.0 Å². The number of amides is 2. The van der Waals surface area contributed by atoms with Crippen LogP contribution < -0.4 is 10.6 Å². The molecule has 4 rings (SSSR count). The van der Waals surface area contributed by atoms with Crippen molar-refractivity contribution in [2.24, 2.45) is 11.8 Å². The molecule has 2 aromatic rings. The maximum atomic E-state index is 12.7. The molecule has 7 nitrogen and oxygen atoms in total. The zero-order valence-electron chi connectivity index (χ0n) is 19.4. The van der Waals surface area contributed by atoms with E-state index in [4.69, 9.17) is 4.74 Å². The van der Waals surface area contributed by atoms with Gasteiger partial charge in [0.15, 0.2) is 0 Å². The molecule has 0 aliphatic heterocycles. The normalized spacial score (nSPS) is 20.5. The number of carboxylic acids is 1. The lowest BCUT2D eigenvalue weighted by atomic mass is 9.90. The van der Waals surface area contributed by atoms with Gasteiger partial charge >= 0.3 is 12.1 Å². The standard InChI is InChI=1S/C27H30N2O5/c1-16(25(30)29-19-9-7-8-18(14-19)26(31)32)17(2)28-27(33)34-15-24-22-12-5-3-10-20(22)21-11-4-6-13-23(21)24/h3-7,9-13,16-19,24H,8,14-15H2,1-2H3,(H,28,33)(H,29,30)(H,31,32)/t16?,17?,18-,19-/m1/s1. The Morgan fingerprint density at radius 3 is 2.26 bits per heavy atom. The number of carbonyl (C=O) groups is 3. The summed E-state index contributed by atoms with van der Waals surface area (Å²) in [6, 6.07) is 15.5. The van der Waals surface area contributed by atoms with Crippen LogP contribution in [0.1, 0.15) is 43.7 Å². The minimum atomic E-state index is -0.859. The molecule has 0 bridgehead atoms. The molecule has 178 valence electrons. The summed E-state index contributed by atoms with van der Waals surface area (Å²) in [5.41, 5.74) is 4.59. The SMILES string of the molecule is CC(NC(=O)OCC1c2ccccc2-c2ccccc21)C(C)C(=O)N[C@@H]1C=CC[C@@H](C(=O)O)C1. The highest BCUT2D eigenvalue weighted by molar-refractivity contribution is 5.81. The summed E-state index contributed by atoms with van der Waals surface area (Å²) in [6.07, 6.45) is 3.87. The third kappa shape index (κ3) is 4.98. The summed E-state index contributed by atoms with van der Waals surface area (Å²) in [5, 5.41) is 14.9. The van der Waals surface area contributed by atoms with Gasteiger partial charge in [-0.15, -0.1) is 0 Å². The van der Waals surface area contributed by atoms with Gasteiger partial charge < -0.3 is 20.5 Å². The molecule has 0 radical (unpaired) electrons. The second-order valence-electron chi connectivity index (χ2n) is 9.10. The summed E-state index contributed by atoms with van der Waals surface area (Å²) < 4.78 is 5.57. The van der Waals surface area contributed by atoms with Crippen LogP contribution in [0, 0.1) is 11.8 Å². The van der Waals surface area contributed by atoms with Gasteiger partial charge in [-0.1, -0.05) is 67.6 Å². The molecular formula is C27H30N2O5. The Morgan fingerprint density at radius 1 is 1.03 bits per heavy atom. The van der Waals surface area contributed by atoms with Crippen molar-refractivity contribution in [3.05, 3.63) is 71.8 Å². The van der Waals surface area contributed by atoms with Crippen LogP contribution in [0.5, 0.6) is 0 Å². The third-order valence-corrected chi connectivity index (χ3v) is 6.86. The largest absolute Gasteiger partial charge is 0.481 e. The van der Waals surface area contributed by atoms with Crippen LogP contribution in [0.2, 0.25) is 0 Å². The fourth-order valence-corrected chi connectivity index (χ4v) is 4.69. The lowest BCUT2D eigenvalue weighted by Gasteiger charge is -2.26. The predicted octanol–water partition coefficient (Wildman–Crippen LogP) is 4.09. The van der Waals surface area contributed by atoms with Gasteiger partial charge in [-0.2, -0.15) is 0 Å². The highest BCUT2D eigenvalue weighted by Gasteiger charge is 2.30. The number of nitrogens with one attached hydrogen (secondary N) is 2. The second kappa shape index (κ2) is 10.1. The number of carbonyl (C=O) groups excluding carboxylic acids is 2. The minimum absolute atomic E-state index is 0.0329. The van der Waals surface area contributed by atoms with Gasteiger partial charge in [0.25, 0.3) is 0 Å². The number of fused-ring (bicyclic) bond motifs is 3. The summed E-state index contributed by atoms with van der Waals surface area (Å²) in [4.78, 5) is 36.4. The third-order valence-electron chi connectivity index (χ3n) is 6.86. The van der Waals surface area contributed by atoms with Crippen molar-refractivity contribution in [3.63, 3.8) is 0 Å². The zero-order valence-corrected chi connectivity index (χ0v) is 19.4. The number of carboxylic acid groups (broad SMARTS) is 1. The molecule has 7 heteroatoms. The van der Waals surface area contributed by atoms with Crippen molar-refractivity contribution < 1.29 is 24.2 Å². The Bertz CT molecular complexity index is 1070. The molecule has 0 fully saturated rings. The Balaban J connectivity index is 1.30. The Hall–Kier alpha value is -3.61. The van der Waals surface area contributed by atoms with E-state index in [-0.39, 0.29) is 24.5 Å². The van der Waals surface area contributed by atoms with E-state index < -0.39 is 29.9 Å². The van der Waals surface area contributed by atoms with E-state index in [2.05, 4.69) is 34.9 Å². The van der Waals surface area contributed by atoms with Crippen molar-refractivity contribution in [1.82, 2.24) is 10.6 Å².